The van der Waals surface area contributed by atoms with Crippen LogP contribution in [0, 0.1) is 23.7 Å². The zero-order valence-electron chi connectivity index (χ0n) is 12.7. The fourth-order valence-corrected chi connectivity index (χ4v) is 4.45. The van der Waals surface area contributed by atoms with Gasteiger partial charge in [-0.1, -0.05) is 20.8 Å². The fourth-order valence-electron chi connectivity index (χ4n) is 4.45. The van der Waals surface area contributed by atoms with Gasteiger partial charge in [0.15, 0.2) is 0 Å². The summed E-state index contributed by atoms with van der Waals surface area (Å²) in [4.78, 5) is 4.17. The molecule has 2 heteroatoms. The Morgan fingerprint density at radius 2 is 2.16 bits per heavy atom. The summed E-state index contributed by atoms with van der Waals surface area (Å²) in [6.07, 6.45) is 8.03. The van der Waals surface area contributed by atoms with E-state index in [1.165, 1.54) is 30.4 Å². The third kappa shape index (κ3) is 1.84. The number of hydrogen-bond donors (Lipinski definition) is 1. The van der Waals surface area contributed by atoms with Gasteiger partial charge in [-0.05, 0) is 60.1 Å². The molecule has 1 N–H and O–H groups in total. The highest BCUT2D eigenvalue weighted by Gasteiger charge is 2.60. The number of nitrogens with zero attached hydrogens (tertiary/aromatic N) is 1. The molecular weight excluding hydrogens is 232 g/mol. The largest absolute Gasteiger partial charge is 0.309 e. The van der Waals surface area contributed by atoms with Crippen LogP contribution < -0.4 is 5.32 Å². The average molecular weight is 258 g/mol. The molecule has 2 nitrogen and oxygen atoms in total. The van der Waals surface area contributed by atoms with Crippen molar-refractivity contribution in [3.63, 3.8) is 0 Å². The minimum absolute atomic E-state index is 0.471. The summed E-state index contributed by atoms with van der Waals surface area (Å²) in [5.41, 5.74) is 3.65. The first-order valence-electron chi connectivity index (χ1n) is 7.58. The summed E-state index contributed by atoms with van der Waals surface area (Å²) in [5.74, 6) is 0.911. The van der Waals surface area contributed by atoms with Crippen LogP contribution in [0.4, 0.5) is 0 Å². The molecule has 2 saturated carbocycles. The van der Waals surface area contributed by atoms with Crippen molar-refractivity contribution < 1.29 is 0 Å². The van der Waals surface area contributed by atoms with E-state index in [9.17, 15) is 0 Å². The lowest BCUT2D eigenvalue weighted by atomic mass is 9.69. The Bertz CT molecular complexity index is 480. The number of nitrogens with one attached hydrogen (secondary N) is 1. The first-order valence-corrected chi connectivity index (χ1v) is 7.58. The van der Waals surface area contributed by atoms with Crippen LogP contribution in [-0.2, 0) is 6.54 Å². The smallest absolute Gasteiger partial charge is 0.0300 e. The van der Waals surface area contributed by atoms with Crippen molar-refractivity contribution in [3.05, 3.63) is 29.6 Å². The predicted octanol–water partition coefficient (Wildman–Crippen LogP) is 3.69. The Balaban J connectivity index is 1.71. The maximum absolute atomic E-state index is 4.17. The second-order valence-electron chi connectivity index (χ2n) is 7.35. The Labute approximate surface area is 117 Å². The molecule has 1 aromatic heterocycles. The molecule has 0 saturated heterocycles. The zero-order valence-corrected chi connectivity index (χ0v) is 12.7. The van der Waals surface area contributed by atoms with Crippen LogP contribution in [0.3, 0.4) is 0 Å². The molecule has 2 bridgehead atoms. The van der Waals surface area contributed by atoms with Crippen molar-refractivity contribution in [2.24, 2.45) is 16.7 Å². The average Bonchev–Trinajstić information content (AvgIpc) is 2.70. The highest BCUT2D eigenvalue weighted by Crippen LogP contribution is 2.65. The van der Waals surface area contributed by atoms with Crippen LogP contribution in [0.1, 0.15) is 51.2 Å². The second-order valence-corrected chi connectivity index (χ2v) is 7.35. The molecule has 3 atom stereocenters. The van der Waals surface area contributed by atoms with E-state index in [1.807, 2.05) is 12.4 Å². The van der Waals surface area contributed by atoms with E-state index in [-0.39, 0.29) is 0 Å². The molecule has 0 spiro atoms. The third-order valence-electron chi connectivity index (χ3n) is 6.47. The molecule has 2 aliphatic rings. The van der Waals surface area contributed by atoms with Crippen molar-refractivity contribution in [2.45, 2.75) is 59.5 Å². The van der Waals surface area contributed by atoms with E-state index >= 15 is 0 Å². The Hall–Kier alpha value is -0.890. The first kappa shape index (κ1) is 13.1. The van der Waals surface area contributed by atoms with Crippen molar-refractivity contribution in [1.29, 1.82) is 0 Å². The first-order chi connectivity index (χ1) is 8.95. The van der Waals surface area contributed by atoms with E-state index < -0.39 is 0 Å². The maximum atomic E-state index is 4.17. The number of aryl methyl sites for hydroxylation is 1. The van der Waals surface area contributed by atoms with Gasteiger partial charge in [-0.3, -0.25) is 4.98 Å². The van der Waals surface area contributed by atoms with Gasteiger partial charge in [-0.25, -0.2) is 0 Å². The van der Waals surface area contributed by atoms with Gasteiger partial charge in [-0.2, -0.15) is 0 Å². The molecular formula is C17H26N2. The summed E-state index contributed by atoms with van der Waals surface area (Å²) >= 11 is 0. The SMILES string of the molecule is Cc1cnccc1CNC1CC2CCC1(C)C2(C)C. The van der Waals surface area contributed by atoms with Gasteiger partial charge < -0.3 is 5.32 Å². The molecule has 104 valence electrons. The Morgan fingerprint density at radius 1 is 1.37 bits per heavy atom. The number of rotatable bonds is 3. The Morgan fingerprint density at radius 3 is 2.74 bits per heavy atom. The summed E-state index contributed by atoms with van der Waals surface area (Å²) < 4.78 is 0. The summed E-state index contributed by atoms with van der Waals surface area (Å²) in [5, 5.41) is 3.84. The maximum Gasteiger partial charge on any atom is 0.0300 e. The molecule has 1 aromatic rings. The van der Waals surface area contributed by atoms with Crippen LogP contribution in [0.2, 0.25) is 0 Å². The quantitative estimate of drug-likeness (QED) is 0.894. The van der Waals surface area contributed by atoms with E-state index in [0.29, 0.717) is 16.9 Å². The topological polar surface area (TPSA) is 24.9 Å². The lowest BCUT2D eigenvalue weighted by Crippen LogP contribution is -2.44. The minimum atomic E-state index is 0.471. The molecule has 0 aliphatic heterocycles. The molecule has 0 aromatic carbocycles. The van der Waals surface area contributed by atoms with Gasteiger partial charge in [0.05, 0.1) is 0 Å². The van der Waals surface area contributed by atoms with E-state index in [1.54, 1.807) is 0 Å². The molecule has 0 amide bonds. The monoisotopic (exact) mass is 258 g/mol. The van der Waals surface area contributed by atoms with Crippen LogP contribution >= 0.6 is 0 Å². The number of hydrogen-bond acceptors (Lipinski definition) is 2. The van der Waals surface area contributed by atoms with Gasteiger partial charge in [0.1, 0.15) is 0 Å². The van der Waals surface area contributed by atoms with Crippen LogP contribution in [0.15, 0.2) is 18.5 Å². The van der Waals surface area contributed by atoms with Crippen LogP contribution in [0.5, 0.6) is 0 Å². The standard InChI is InChI=1S/C17H26N2/c1-12-10-18-8-6-13(12)11-19-15-9-14-5-7-17(15,4)16(14,2)3/h6,8,10,14-15,19H,5,7,9,11H2,1-4H3. The zero-order chi connectivity index (χ0) is 13.7. The van der Waals surface area contributed by atoms with Crippen molar-refractivity contribution in [1.82, 2.24) is 10.3 Å². The summed E-state index contributed by atoms with van der Waals surface area (Å²) in [7, 11) is 0. The van der Waals surface area contributed by atoms with Gasteiger partial charge in [0.25, 0.3) is 0 Å². The molecule has 0 radical (unpaired) electrons. The summed E-state index contributed by atoms with van der Waals surface area (Å²) in [6, 6.07) is 2.82. The van der Waals surface area contributed by atoms with E-state index in [2.05, 4.69) is 44.1 Å². The van der Waals surface area contributed by atoms with Crippen LogP contribution in [-0.4, -0.2) is 11.0 Å². The molecule has 3 rings (SSSR count). The number of fused-ring (bicyclic) bond motifs is 2. The normalized spacial score (nSPS) is 35.8. The predicted molar refractivity (Wildman–Crippen MR) is 78.8 cm³/mol. The highest BCUT2D eigenvalue weighted by molar-refractivity contribution is 5.22. The van der Waals surface area contributed by atoms with Gasteiger partial charge in [-0.15, -0.1) is 0 Å². The van der Waals surface area contributed by atoms with Gasteiger partial charge in [0.2, 0.25) is 0 Å². The lowest BCUT2D eigenvalue weighted by Gasteiger charge is -2.39. The Kier molecular flexibility index (Phi) is 2.97. The molecule has 19 heavy (non-hydrogen) atoms. The highest BCUT2D eigenvalue weighted by atomic mass is 15.0. The minimum Gasteiger partial charge on any atom is -0.309 e. The van der Waals surface area contributed by atoms with Crippen LogP contribution in [0.25, 0.3) is 0 Å². The second kappa shape index (κ2) is 4.31. The summed E-state index contributed by atoms with van der Waals surface area (Å²) in [6.45, 7) is 10.6. The van der Waals surface area contributed by atoms with Crippen molar-refractivity contribution in [2.75, 3.05) is 0 Å². The van der Waals surface area contributed by atoms with Crippen molar-refractivity contribution in [3.8, 4) is 0 Å². The van der Waals surface area contributed by atoms with Gasteiger partial charge in [0, 0.05) is 25.0 Å². The third-order valence-corrected chi connectivity index (χ3v) is 6.47. The molecule has 3 unspecified atom stereocenters. The molecule has 2 fully saturated rings. The van der Waals surface area contributed by atoms with E-state index in [4.69, 9.17) is 0 Å². The number of aromatic nitrogens is 1. The van der Waals surface area contributed by atoms with E-state index in [0.717, 1.165) is 12.5 Å². The molecule has 2 aliphatic carbocycles. The number of pyridine rings is 1. The van der Waals surface area contributed by atoms with Crippen molar-refractivity contribution >= 4 is 0 Å². The fraction of sp³-hybridized carbons (Fsp3) is 0.706. The van der Waals surface area contributed by atoms with Gasteiger partial charge >= 0.3 is 0 Å². The molecule has 1 heterocycles. The lowest BCUT2D eigenvalue weighted by molar-refractivity contribution is 0.120.